The number of aromatic nitrogens is 1. The molecule has 0 aliphatic carbocycles. The molecule has 1 aromatic heterocycles. The Morgan fingerprint density at radius 1 is 1.03 bits per heavy atom. The van der Waals surface area contributed by atoms with Crippen molar-refractivity contribution in [3.63, 3.8) is 0 Å². The van der Waals surface area contributed by atoms with Crippen LogP contribution in [0.15, 0.2) is 59.7 Å². The van der Waals surface area contributed by atoms with Gasteiger partial charge in [-0.1, -0.05) is 30.3 Å². The number of aryl methyl sites for hydroxylation is 1. The standard InChI is InChI=1S/C23H19N3O3/c1-14-9-20(17-10-22-23(29-13-28-22)11-19(17)25-14)26-24-12-18-16-6-4-3-5-15(16)7-8-21(18)27-2/h3-12H,13H2,1-2H3,(H,25,26)/b24-12+. The first kappa shape index (κ1) is 17.3. The lowest BCUT2D eigenvalue weighted by atomic mass is 10.0. The fourth-order valence-electron chi connectivity index (χ4n) is 3.59. The van der Waals surface area contributed by atoms with Crippen molar-refractivity contribution in [3.8, 4) is 17.2 Å². The lowest BCUT2D eigenvalue weighted by Gasteiger charge is -2.10. The van der Waals surface area contributed by atoms with Gasteiger partial charge in [-0.25, -0.2) is 0 Å². The lowest BCUT2D eigenvalue weighted by Crippen LogP contribution is -1.97. The molecule has 0 bridgehead atoms. The molecule has 0 saturated heterocycles. The number of methoxy groups -OCH3 is 1. The summed E-state index contributed by atoms with van der Waals surface area (Å²) in [6.07, 6.45) is 1.79. The van der Waals surface area contributed by atoms with E-state index in [1.54, 1.807) is 13.3 Å². The van der Waals surface area contributed by atoms with Crippen LogP contribution in [0.5, 0.6) is 17.2 Å². The maximum atomic E-state index is 5.54. The van der Waals surface area contributed by atoms with E-state index in [2.05, 4.69) is 27.6 Å². The summed E-state index contributed by atoms with van der Waals surface area (Å²) in [5.74, 6) is 2.20. The third-order valence-corrected chi connectivity index (χ3v) is 4.96. The summed E-state index contributed by atoms with van der Waals surface area (Å²) in [6, 6.07) is 17.9. The summed E-state index contributed by atoms with van der Waals surface area (Å²) in [5, 5.41) is 7.63. The summed E-state index contributed by atoms with van der Waals surface area (Å²) >= 11 is 0. The smallest absolute Gasteiger partial charge is 0.231 e. The SMILES string of the molecule is COc1ccc2ccccc2c1/C=N/Nc1cc(C)nc2cc3c(cc12)OCO3. The van der Waals surface area contributed by atoms with Gasteiger partial charge in [0.15, 0.2) is 11.5 Å². The van der Waals surface area contributed by atoms with Crippen molar-refractivity contribution in [2.45, 2.75) is 6.92 Å². The highest BCUT2D eigenvalue weighted by Crippen LogP contribution is 2.38. The van der Waals surface area contributed by atoms with Gasteiger partial charge >= 0.3 is 0 Å². The number of anilines is 1. The fourth-order valence-corrected chi connectivity index (χ4v) is 3.59. The number of hydrogen-bond donors (Lipinski definition) is 1. The number of nitrogens with zero attached hydrogens (tertiary/aromatic N) is 2. The molecule has 0 saturated carbocycles. The van der Waals surface area contributed by atoms with Gasteiger partial charge in [-0.3, -0.25) is 10.4 Å². The first-order valence-electron chi connectivity index (χ1n) is 9.29. The monoisotopic (exact) mass is 385 g/mol. The molecular weight excluding hydrogens is 366 g/mol. The van der Waals surface area contributed by atoms with E-state index in [-0.39, 0.29) is 6.79 Å². The summed E-state index contributed by atoms with van der Waals surface area (Å²) in [5.41, 5.74) is 6.65. The highest BCUT2D eigenvalue weighted by molar-refractivity contribution is 6.03. The number of benzene rings is 3. The molecule has 144 valence electrons. The Bertz CT molecular complexity index is 1270. The van der Waals surface area contributed by atoms with Gasteiger partial charge in [0.2, 0.25) is 6.79 Å². The van der Waals surface area contributed by atoms with Crippen LogP contribution in [0.2, 0.25) is 0 Å². The molecule has 4 aromatic rings. The Balaban J connectivity index is 1.54. The molecular formula is C23H19N3O3. The second kappa shape index (κ2) is 6.98. The van der Waals surface area contributed by atoms with Crippen LogP contribution < -0.4 is 19.6 Å². The Kier molecular flexibility index (Phi) is 4.17. The number of fused-ring (bicyclic) bond motifs is 3. The second-order valence-corrected chi connectivity index (χ2v) is 6.81. The van der Waals surface area contributed by atoms with E-state index >= 15 is 0 Å². The van der Waals surface area contributed by atoms with E-state index < -0.39 is 0 Å². The molecule has 6 nitrogen and oxygen atoms in total. The Morgan fingerprint density at radius 3 is 2.72 bits per heavy atom. The Hall–Kier alpha value is -3.80. The predicted molar refractivity (Wildman–Crippen MR) is 114 cm³/mol. The van der Waals surface area contributed by atoms with Crippen LogP contribution in [-0.2, 0) is 0 Å². The van der Waals surface area contributed by atoms with Gasteiger partial charge in [0.05, 0.1) is 24.5 Å². The fraction of sp³-hybridized carbons (Fsp3) is 0.130. The zero-order chi connectivity index (χ0) is 19.8. The van der Waals surface area contributed by atoms with Gasteiger partial charge < -0.3 is 14.2 Å². The molecule has 0 fully saturated rings. The quantitative estimate of drug-likeness (QED) is 0.401. The summed E-state index contributed by atoms with van der Waals surface area (Å²) in [6.45, 7) is 2.18. The average Bonchev–Trinajstić information content (AvgIpc) is 3.19. The van der Waals surface area contributed by atoms with Crippen molar-refractivity contribution in [1.29, 1.82) is 0 Å². The maximum Gasteiger partial charge on any atom is 0.231 e. The number of hydrogen-bond acceptors (Lipinski definition) is 6. The molecule has 1 N–H and O–H groups in total. The van der Waals surface area contributed by atoms with Crippen molar-refractivity contribution in [2.24, 2.45) is 5.10 Å². The topological polar surface area (TPSA) is 65.0 Å². The largest absolute Gasteiger partial charge is 0.496 e. The van der Waals surface area contributed by atoms with Gasteiger partial charge in [0, 0.05) is 22.7 Å². The predicted octanol–water partition coefficient (Wildman–Crippen LogP) is 4.88. The number of nitrogens with one attached hydrogen (secondary N) is 1. The Morgan fingerprint density at radius 2 is 1.86 bits per heavy atom. The Labute approximate surface area is 167 Å². The van der Waals surface area contributed by atoms with Gasteiger partial charge in [-0.15, -0.1) is 0 Å². The van der Waals surface area contributed by atoms with E-state index in [9.17, 15) is 0 Å². The molecule has 1 aliphatic heterocycles. The first-order chi connectivity index (χ1) is 14.2. The van der Waals surface area contributed by atoms with Crippen molar-refractivity contribution >= 4 is 33.6 Å². The van der Waals surface area contributed by atoms with Crippen LogP contribution in [0.4, 0.5) is 5.69 Å². The van der Waals surface area contributed by atoms with Gasteiger partial charge in [0.25, 0.3) is 0 Å². The van der Waals surface area contributed by atoms with E-state index in [0.29, 0.717) is 11.5 Å². The van der Waals surface area contributed by atoms with Crippen LogP contribution in [-0.4, -0.2) is 25.1 Å². The first-order valence-corrected chi connectivity index (χ1v) is 9.29. The molecule has 29 heavy (non-hydrogen) atoms. The van der Waals surface area contributed by atoms with Crippen LogP contribution in [0.3, 0.4) is 0 Å². The number of pyridine rings is 1. The zero-order valence-electron chi connectivity index (χ0n) is 16.1. The maximum absolute atomic E-state index is 5.54. The van der Waals surface area contributed by atoms with Crippen LogP contribution >= 0.6 is 0 Å². The minimum Gasteiger partial charge on any atom is -0.496 e. The number of ether oxygens (including phenoxy) is 3. The molecule has 1 aliphatic rings. The third-order valence-electron chi connectivity index (χ3n) is 4.96. The van der Waals surface area contributed by atoms with Gasteiger partial charge in [-0.05, 0) is 35.9 Å². The van der Waals surface area contributed by atoms with E-state index in [1.807, 2.05) is 49.4 Å². The highest BCUT2D eigenvalue weighted by Gasteiger charge is 2.16. The van der Waals surface area contributed by atoms with E-state index in [1.165, 1.54) is 0 Å². The molecule has 2 heterocycles. The molecule has 5 rings (SSSR count). The van der Waals surface area contributed by atoms with Gasteiger partial charge in [-0.2, -0.15) is 5.10 Å². The molecule has 3 aromatic carbocycles. The van der Waals surface area contributed by atoms with Crippen LogP contribution in [0, 0.1) is 6.92 Å². The number of hydrazone groups is 1. The molecule has 0 atom stereocenters. The minimum absolute atomic E-state index is 0.229. The summed E-state index contributed by atoms with van der Waals surface area (Å²) < 4.78 is 16.5. The normalized spacial score (nSPS) is 12.8. The molecule has 0 radical (unpaired) electrons. The summed E-state index contributed by atoms with van der Waals surface area (Å²) in [7, 11) is 1.66. The lowest BCUT2D eigenvalue weighted by molar-refractivity contribution is 0.174. The third kappa shape index (κ3) is 3.08. The van der Waals surface area contributed by atoms with Crippen LogP contribution in [0.1, 0.15) is 11.3 Å². The van der Waals surface area contributed by atoms with Crippen molar-refractivity contribution < 1.29 is 14.2 Å². The van der Waals surface area contributed by atoms with Crippen LogP contribution in [0.25, 0.3) is 21.7 Å². The molecule has 0 amide bonds. The molecule has 6 heteroatoms. The zero-order valence-corrected chi connectivity index (χ0v) is 16.1. The van der Waals surface area contributed by atoms with E-state index in [0.717, 1.165) is 44.4 Å². The van der Waals surface area contributed by atoms with Crippen molar-refractivity contribution in [1.82, 2.24) is 4.98 Å². The second-order valence-electron chi connectivity index (χ2n) is 6.81. The van der Waals surface area contributed by atoms with E-state index in [4.69, 9.17) is 14.2 Å². The molecule has 0 unspecified atom stereocenters. The molecule has 0 spiro atoms. The van der Waals surface area contributed by atoms with Crippen molar-refractivity contribution in [2.75, 3.05) is 19.3 Å². The average molecular weight is 385 g/mol. The minimum atomic E-state index is 0.229. The highest BCUT2D eigenvalue weighted by atomic mass is 16.7. The van der Waals surface area contributed by atoms with Crippen molar-refractivity contribution in [3.05, 3.63) is 65.9 Å². The summed E-state index contributed by atoms with van der Waals surface area (Å²) in [4.78, 5) is 4.60. The van der Waals surface area contributed by atoms with Gasteiger partial charge in [0.1, 0.15) is 5.75 Å². The number of rotatable bonds is 4.